The second kappa shape index (κ2) is 6.55. The Bertz CT molecular complexity index is 403. The fourth-order valence-corrected chi connectivity index (χ4v) is 2.69. The van der Waals surface area contributed by atoms with Crippen LogP contribution in [-0.2, 0) is 11.2 Å². The number of aryl methyl sites for hydroxylation is 1. The second-order valence-electron chi connectivity index (χ2n) is 4.87. The van der Waals surface area contributed by atoms with Gasteiger partial charge < -0.3 is 10.6 Å². The number of hydrogen-bond acceptors (Lipinski definition) is 2. The Hall–Kier alpha value is -1.35. The average Bonchev–Trinajstić information content (AvgIpc) is 2.39. The molecule has 0 aliphatic heterocycles. The summed E-state index contributed by atoms with van der Waals surface area (Å²) in [6, 6.07) is 8.68. The first-order valence-electron chi connectivity index (χ1n) is 6.86. The average molecular weight is 246 g/mol. The van der Waals surface area contributed by atoms with Crippen molar-refractivity contribution in [3.63, 3.8) is 0 Å². The van der Waals surface area contributed by atoms with Crippen molar-refractivity contribution in [1.82, 2.24) is 10.6 Å². The largest absolute Gasteiger partial charge is 0.355 e. The number of hydrogen-bond donors (Lipinski definition) is 2. The van der Waals surface area contributed by atoms with Gasteiger partial charge in [0.05, 0.1) is 6.54 Å². The van der Waals surface area contributed by atoms with Crippen LogP contribution in [0.15, 0.2) is 24.3 Å². The van der Waals surface area contributed by atoms with Crippen molar-refractivity contribution < 1.29 is 4.79 Å². The molecule has 1 aromatic carbocycles. The zero-order chi connectivity index (χ0) is 12.8. The van der Waals surface area contributed by atoms with Crippen LogP contribution in [0.25, 0.3) is 0 Å². The van der Waals surface area contributed by atoms with E-state index in [1.54, 1.807) is 0 Å². The smallest absolute Gasteiger partial charge is 0.233 e. The van der Waals surface area contributed by atoms with Gasteiger partial charge in [0.15, 0.2) is 0 Å². The molecule has 0 fully saturated rings. The normalized spacial score (nSPS) is 18.2. The van der Waals surface area contributed by atoms with Crippen molar-refractivity contribution in [1.29, 1.82) is 0 Å². The van der Waals surface area contributed by atoms with Gasteiger partial charge in [0, 0.05) is 13.1 Å². The van der Waals surface area contributed by atoms with Crippen LogP contribution in [-0.4, -0.2) is 25.5 Å². The summed E-state index contributed by atoms with van der Waals surface area (Å²) in [6.45, 7) is 3.96. The van der Waals surface area contributed by atoms with Crippen LogP contribution >= 0.6 is 0 Å². The van der Waals surface area contributed by atoms with Gasteiger partial charge in [-0.15, -0.1) is 0 Å². The van der Waals surface area contributed by atoms with E-state index in [1.807, 2.05) is 6.92 Å². The van der Waals surface area contributed by atoms with Gasteiger partial charge in [0.2, 0.25) is 5.91 Å². The Morgan fingerprint density at radius 3 is 3.06 bits per heavy atom. The lowest BCUT2D eigenvalue weighted by molar-refractivity contribution is -0.120. The number of rotatable bonds is 5. The summed E-state index contributed by atoms with van der Waals surface area (Å²) in [5, 5.41) is 6.07. The minimum Gasteiger partial charge on any atom is -0.355 e. The molecule has 3 nitrogen and oxygen atoms in total. The summed E-state index contributed by atoms with van der Waals surface area (Å²) < 4.78 is 0. The molecule has 0 radical (unpaired) electrons. The van der Waals surface area contributed by atoms with Crippen molar-refractivity contribution in [2.45, 2.75) is 32.1 Å². The SMILES string of the molecule is CCNC(=O)CNCC1CCCc2ccccc21. The fourth-order valence-electron chi connectivity index (χ4n) is 2.69. The van der Waals surface area contributed by atoms with Crippen molar-refractivity contribution >= 4 is 5.91 Å². The van der Waals surface area contributed by atoms with Crippen LogP contribution in [0.4, 0.5) is 0 Å². The highest BCUT2D eigenvalue weighted by atomic mass is 16.1. The maximum atomic E-state index is 11.4. The van der Waals surface area contributed by atoms with Crippen LogP contribution in [0.3, 0.4) is 0 Å². The highest BCUT2D eigenvalue weighted by Gasteiger charge is 2.19. The molecular weight excluding hydrogens is 224 g/mol. The molecule has 0 spiro atoms. The highest BCUT2D eigenvalue weighted by Crippen LogP contribution is 2.30. The molecule has 1 amide bonds. The zero-order valence-electron chi connectivity index (χ0n) is 11.0. The number of carbonyl (C=O) groups is 1. The van der Waals surface area contributed by atoms with Crippen molar-refractivity contribution in [2.75, 3.05) is 19.6 Å². The van der Waals surface area contributed by atoms with E-state index in [-0.39, 0.29) is 5.91 Å². The summed E-state index contributed by atoms with van der Waals surface area (Å²) in [5.74, 6) is 0.644. The second-order valence-corrected chi connectivity index (χ2v) is 4.87. The van der Waals surface area contributed by atoms with E-state index in [0.717, 1.165) is 6.54 Å². The lowest BCUT2D eigenvalue weighted by Crippen LogP contribution is -2.35. The number of benzene rings is 1. The molecule has 2 rings (SSSR count). The standard InChI is InChI=1S/C15H22N2O/c1-2-17-15(18)11-16-10-13-8-5-7-12-6-3-4-9-14(12)13/h3-4,6,9,13,16H,2,5,7-8,10-11H2,1H3,(H,17,18). The molecule has 0 saturated carbocycles. The van der Waals surface area contributed by atoms with Gasteiger partial charge in [0.25, 0.3) is 0 Å². The Morgan fingerprint density at radius 2 is 2.22 bits per heavy atom. The van der Waals surface area contributed by atoms with Gasteiger partial charge in [-0.05, 0) is 43.2 Å². The number of likely N-dealkylation sites (N-methyl/N-ethyl adjacent to an activating group) is 1. The van der Waals surface area contributed by atoms with E-state index >= 15 is 0 Å². The third kappa shape index (κ3) is 3.33. The molecule has 18 heavy (non-hydrogen) atoms. The van der Waals surface area contributed by atoms with Gasteiger partial charge in [-0.1, -0.05) is 24.3 Å². The van der Waals surface area contributed by atoms with Crippen molar-refractivity contribution in [3.05, 3.63) is 35.4 Å². The monoisotopic (exact) mass is 246 g/mol. The Morgan fingerprint density at radius 1 is 1.39 bits per heavy atom. The molecule has 1 atom stereocenters. The van der Waals surface area contributed by atoms with Crippen LogP contribution < -0.4 is 10.6 Å². The van der Waals surface area contributed by atoms with Crippen molar-refractivity contribution in [2.24, 2.45) is 0 Å². The van der Waals surface area contributed by atoms with Crippen LogP contribution in [0.2, 0.25) is 0 Å². The predicted molar refractivity (Wildman–Crippen MR) is 73.7 cm³/mol. The van der Waals surface area contributed by atoms with Gasteiger partial charge in [0.1, 0.15) is 0 Å². The number of carbonyl (C=O) groups excluding carboxylic acids is 1. The summed E-state index contributed by atoms with van der Waals surface area (Å²) in [7, 11) is 0. The van der Waals surface area contributed by atoms with Gasteiger partial charge >= 0.3 is 0 Å². The molecule has 1 aromatic rings. The summed E-state index contributed by atoms with van der Waals surface area (Å²) in [5.41, 5.74) is 2.95. The predicted octanol–water partition coefficient (Wildman–Crippen LogP) is 1.83. The first-order valence-corrected chi connectivity index (χ1v) is 6.86. The Labute approximate surface area is 109 Å². The minimum absolute atomic E-state index is 0.0848. The molecule has 3 heteroatoms. The molecule has 0 aromatic heterocycles. The summed E-state index contributed by atoms with van der Waals surface area (Å²) in [4.78, 5) is 11.4. The van der Waals surface area contributed by atoms with Crippen LogP contribution in [0.5, 0.6) is 0 Å². The molecule has 0 heterocycles. The molecule has 1 aliphatic rings. The highest BCUT2D eigenvalue weighted by molar-refractivity contribution is 5.77. The van der Waals surface area contributed by atoms with E-state index in [2.05, 4.69) is 34.9 Å². The number of amides is 1. The van der Waals surface area contributed by atoms with E-state index in [0.29, 0.717) is 19.0 Å². The number of nitrogens with one attached hydrogen (secondary N) is 2. The third-order valence-electron chi connectivity index (χ3n) is 3.54. The lowest BCUT2D eigenvalue weighted by Gasteiger charge is -2.25. The Balaban J connectivity index is 1.86. The zero-order valence-corrected chi connectivity index (χ0v) is 11.0. The number of fused-ring (bicyclic) bond motifs is 1. The molecular formula is C15H22N2O. The molecule has 1 aliphatic carbocycles. The lowest BCUT2D eigenvalue weighted by atomic mass is 9.83. The minimum atomic E-state index is 0.0848. The third-order valence-corrected chi connectivity index (χ3v) is 3.54. The maximum Gasteiger partial charge on any atom is 0.233 e. The fraction of sp³-hybridized carbons (Fsp3) is 0.533. The Kier molecular flexibility index (Phi) is 4.76. The van der Waals surface area contributed by atoms with E-state index < -0.39 is 0 Å². The molecule has 1 unspecified atom stereocenters. The first kappa shape index (κ1) is 13.1. The van der Waals surface area contributed by atoms with Crippen LogP contribution in [0.1, 0.15) is 36.8 Å². The molecule has 0 saturated heterocycles. The van der Waals surface area contributed by atoms with E-state index in [4.69, 9.17) is 0 Å². The van der Waals surface area contributed by atoms with Gasteiger partial charge in [-0.3, -0.25) is 4.79 Å². The van der Waals surface area contributed by atoms with Crippen LogP contribution in [0, 0.1) is 0 Å². The summed E-state index contributed by atoms with van der Waals surface area (Å²) >= 11 is 0. The topological polar surface area (TPSA) is 41.1 Å². The first-order chi connectivity index (χ1) is 8.81. The van der Waals surface area contributed by atoms with E-state index in [1.165, 1.54) is 30.4 Å². The van der Waals surface area contributed by atoms with E-state index in [9.17, 15) is 4.79 Å². The summed E-state index contributed by atoms with van der Waals surface area (Å²) in [6.07, 6.45) is 3.67. The molecule has 98 valence electrons. The maximum absolute atomic E-state index is 11.4. The van der Waals surface area contributed by atoms with Gasteiger partial charge in [-0.25, -0.2) is 0 Å². The molecule has 0 bridgehead atoms. The van der Waals surface area contributed by atoms with Crippen molar-refractivity contribution in [3.8, 4) is 0 Å². The molecule has 2 N–H and O–H groups in total. The van der Waals surface area contributed by atoms with Gasteiger partial charge in [-0.2, -0.15) is 0 Å². The quantitative estimate of drug-likeness (QED) is 0.832.